The quantitative estimate of drug-likeness (QED) is 0.309. The molecule has 0 bridgehead atoms. The summed E-state index contributed by atoms with van der Waals surface area (Å²) in [5.74, 6) is 0.717. The first-order valence-corrected chi connectivity index (χ1v) is 10.0. The van der Waals surface area contributed by atoms with Crippen LogP contribution in [0.2, 0.25) is 0 Å². The second-order valence-electron chi connectivity index (χ2n) is 8.03. The van der Waals surface area contributed by atoms with Gasteiger partial charge in [0.15, 0.2) is 5.96 Å². The average molecular weight is 531 g/mol. The largest absolute Gasteiger partial charge is 0.444 e. The van der Waals surface area contributed by atoms with Gasteiger partial charge in [-0.2, -0.15) is 0 Å². The van der Waals surface area contributed by atoms with E-state index in [-0.39, 0.29) is 42.0 Å². The lowest BCUT2D eigenvalue weighted by atomic mass is 10.1. The van der Waals surface area contributed by atoms with Gasteiger partial charge in [0.1, 0.15) is 5.60 Å². The van der Waals surface area contributed by atoms with Crippen LogP contribution in [-0.2, 0) is 11.3 Å². The summed E-state index contributed by atoms with van der Waals surface area (Å²) in [6.07, 6.45) is 0.445. The highest BCUT2D eigenvalue weighted by molar-refractivity contribution is 14.0. The maximum Gasteiger partial charge on any atom is 0.407 e. The standard InChI is InChI=1S/C21H33N5O3.HI/c1-6-23-18(27)16-9-7-15(8-10-16)13-24-19(22-5)26-12-11-17(14-26)25-20(28)29-21(2,3)4;/h7-10,17H,6,11-14H2,1-5H3,(H,22,24)(H,23,27)(H,25,28);1H. The van der Waals surface area contributed by atoms with Gasteiger partial charge in [-0.15, -0.1) is 24.0 Å². The summed E-state index contributed by atoms with van der Waals surface area (Å²) in [6.45, 7) is 10.1. The molecule has 1 aromatic carbocycles. The number of benzene rings is 1. The average Bonchev–Trinajstić information content (AvgIpc) is 3.09. The third-order valence-electron chi connectivity index (χ3n) is 4.42. The number of alkyl carbamates (subject to hydrolysis) is 1. The number of halogens is 1. The predicted octanol–water partition coefficient (Wildman–Crippen LogP) is 2.73. The third kappa shape index (κ3) is 8.37. The van der Waals surface area contributed by atoms with Crippen molar-refractivity contribution in [3.05, 3.63) is 35.4 Å². The first kappa shape index (κ1) is 26.0. The van der Waals surface area contributed by atoms with Crippen molar-refractivity contribution in [2.75, 3.05) is 26.7 Å². The number of nitrogens with one attached hydrogen (secondary N) is 3. The topological polar surface area (TPSA) is 95.1 Å². The van der Waals surface area contributed by atoms with Gasteiger partial charge in [0.2, 0.25) is 0 Å². The fourth-order valence-corrected chi connectivity index (χ4v) is 3.09. The maximum absolute atomic E-state index is 12.0. The number of aliphatic imine (C=N–C) groups is 1. The zero-order valence-corrected chi connectivity index (χ0v) is 20.8. The fourth-order valence-electron chi connectivity index (χ4n) is 3.09. The van der Waals surface area contributed by atoms with E-state index in [1.807, 2.05) is 52.0 Å². The van der Waals surface area contributed by atoms with Crippen LogP contribution in [0.5, 0.6) is 0 Å². The Labute approximate surface area is 196 Å². The summed E-state index contributed by atoms with van der Waals surface area (Å²) in [4.78, 5) is 30.3. The van der Waals surface area contributed by atoms with Gasteiger partial charge in [-0.05, 0) is 51.8 Å². The molecule has 9 heteroatoms. The van der Waals surface area contributed by atoms with Crippen LogP contribution >= 0.6 is 24.0 Å². The minimum absolute atomic E-state index is 0. The van der Waals surface area contributed by atoms with Crippen LogP contribution in [0.25, 0.3) is 0 Å². The Kier molecular flexibility index (Phi) is 10.4. The maximum atomic E-state index is 12.0. The predicted molar refractivity (Wildman–Crippen MR) is 129 cm³/mol. The van der Waals surface area contributed by atoms with E-state index in [2.05, 4.69) is 25.8 Å². The van der Waals surface area contributed by atoms with E-state index in [1.54, 1.807) is 7.05 Å². The number of guanidine groups is 1. The van der Waals surface area contributed by atoms with E-state index < -0.39 is 5.60 Å². The van der Waals surface area contributed by atoms with Gasteiger partial charge in [-0.3, -0.25) is 9.79 Å². The number of rotatable bonds is 5. The van der Waals surface area contributed by atoms with E-state index in [4.69, 9.17) is 4.74 Å². The van der Waals surface area contributed by atoms with Crippen molar-refractivity contribution in [1.29, 1.82) is 0 Å². The van der Waals surface area contributed by atoms with Crippen LogP contribution < -0.4 is 16.0 Å². The zero-order chi connectivity index (χ0) is 21.4. The van der Waals surface area contributed by atoms with Crippen LogP contribution in [0.1, 0.15) is 50.0 Å². The van der Waals surface area contributed by atoms with Crippen LogP contribution in [0.15, 0.2) is 29.3 Å². The number of hydrogen-bond donors (Lipinski definition) is 3. The number of likely N-dealkylation sites (tertiary alicyclic amines) is 1. The van der Waals surface area contributed by atoms with Gasteiger partial charge in [-0.25, -0.2) is 4.79 Å². The van der Waals surface area contributed by atoms with E-state index in [9.17, 15) is 9.59 Å². The number of ether oxygens (including phenoxy) is 1. The SMILES string of the molecule is CCNC(=O)c1ccc(CNC(=NC)N2CCC(NC(=O)OC(C)(C)C)C2)cc1.I. The molecule has 1 aliphatic heterocycles. The minimum Gasteiger partial charge on any atom is -0.444 e. The van der Waals surface area contributed by atoms with Gasteiger partial charge >= 0.3 is 6.09 Å². The van der Waals surface area contributed by atoms with E-state index >= 15 is 0 Å². The molecule has 0 radical (unpaired) electrons. The molecular formula is C21H34IN5O3. The lowest BCUT2D eigenvalue weighted by Gasteiger charge is -2.23. The third-order valence-corrected chi connectivity index (χ3v) is 4.42. The number of nitrogens with zero attached hydrogens (tertiary/aromatic N) is 2. The van der Waals surface area contributed by atoms with Crippen LogP contribution in [0.3, 0.4) is 0 Å². The highest BCUT2D eigenvalue weighted by Crippen LogP contribution is 2.12. The summed E-state index contributed by atoms with van der Waals surface area (Å²) in [6, 6.07) is 7.53. The van der Waals surface area contributed by atoms with Gasteiger partial charge in [0.05, 0.1) is 6.04 Å². The summed E-state index contributed by atoms with van der Waals surface area (Å²) in [7, 11) is 1.75. The van der Waals surface area contributed by atoms with Crippen molar-refractivity contribution < 1.29 is 14.3 Å². The molecule has 1 heterocycles. The molecule has 8 nitrogen and oxygen atoms in total. The Balaban J connectivity index is 0.00000450. The van der Waals surface area contributed by atoms with Crippen molar-refractivity contribution in [2.24, 2.45) is 4.99 Å². The second kappa shape index (κ2) is 12.0. The molecule has 2 amide bonds. The highest BCUT2D eigenvalue weighted by Gasteiger charge is 2.27. The van der Waals surface area contributed by atoms with Gasteiger partial charge in [0.25, 0.3) is 5.91 Å². The molecule has 1 saturated heterocycles. The molecule has 1 aliphatic rings. The lowest BCUT2D eigenvalue weighted by Crippen LogP contribution is -2.44. The monoisotopic (exact) mass is 531 g/mol. The van der Waals surface area contributed by atoms with Crippen molar-refractivity contribution in [1.82, 2.24) is 20.9 Å². The molecule has 0 aliphatic carbocycles. The number of hydrogen-bond acceptors (Lipinski definition) is 4. The smallest absolute Gasteiger partial charge is 0.407 e. The Morgan fingerprint density at radius 2 is 1.87 bits per heavy atom. The van der Waals surface area contributed by atoms with Crippen molar-refractivity contribution >= 4 is 41.9 Å². The summed E-state index contributed by atoms with van der Waals surface area (Å²) >= 11 is 0. The Bertz CT molecular complexity index is 731. The lowest BCUT2D eigenvalue weighted by molar-refractivity contribution is 0.0507. The molecule has 0 saturated carbocycles. The molecule has 2 rings (SSSR count). The van der Waals surface area contributed by atoms with Crippen molar-refractivity contribution in [3.8, 4) is 0 Å². The van der Waals surface area contributed by atoms with Crippen LogP contribution in [0.4, 0.5) is 4.79 Å². The first-order valence-electron chi connectivity index (χ1n) is 10.0. The van der Waals surface area contributed by atoms with Gasteiger partial charge in [-0.1, -0.05) is 12.1 Å². The molecule has 1 fully saturated rings. The molecule has 1 atom stereocenters. The summed E-state index contributed by atoms with van der Waals surface area (Å²) in [5, 5.41) is 9.06. The second-order valence-corrected chi connectivity index (χ2v) is 8.03. The van der Waals surface area contributed by atoms with Crippen LogP contribution in [0, 0.1) is 0 Å². The molecule has 30 heavy (non-hydrogen) atoms. The Hall–Kier alpha value is -2.04. The molecule has 3 N–H and O–H groups in total. The van der Waals surface area contributed by atoms with E-state index in [0.29, 0.717) is 25.2 Å². The molecule has 1 aromatic rings. The van der Waals surface area contributed by atoms with E-state index in [0.717, 1.165) is 24.5 Å². The van der Waals surface area contributed by atoms with Gasteiger partial charge in [0, 0.05) is 38.8 Å². The number of carbonyl (C=O) groups is 2. The van der Waals surface area contributed by atoms with E-state index in [1.165, 1.54) is 0 Å². The Morgan fingerprint density at radius 3 is 2.43 bits per heavy atom. The number of amides is 2. The normalized spacial score (nSPS) is 16.5. The first-order chi connectivity index (χ1) is 13.7. The minimum atomic E-state index is -0.507. The molecule has 1 unspecified atom stereocenters. The molecule has 0 spiro atoms. The summed E-state index contributed by atoms with van der Waals surface area (Å²) in [5.41, 5.74) is 1.20. The van der Waals surface area contributed by atoms with Crippen molar-refractivity contribution in [2.45, 2.75) is 52.3 Å². The van der Waals surface area contributed by atoms with Crippen LogP contribution in [-0.4, -0.2) is 61.2 Å². The number of carbonyl (C=O) groups excluding carboxylic acids is 2. The molecule has 0 aromatic heterocycles. The Morgan fingerprint density at radius 1 is 1.20 bits per heavy atom. The fraction of sp³-hybridized carbons (Fsp3) is 0.571. The summed E-state index contributed by atoms with van der Waals surface area (Å²) < 4.78 is 5.33. The van der Waals surface area contributed by atoms with Crippen molar-refractivity contribution in [3.63, 3.8) is 0 Å². The van der Waals surface area contributed by atoms with Gasteiger partial charge < -0.3 is 25.6 Å². The molecule has 168 valence electrons. The molecular weight excluding hydrogens is 497 g/mol. The highest BCUT2D eigenvalue weighted by atomic mass is 127. The zero-order valence-electron chi connectivity index (χ0n) is 18.4.